The number of aromatic carboxylic acids is 1. The van der Waals surface area contributed by atoms with Crippen LogP contribution in [-0.4, -0.2) is 52.1 Å². The molecule has 3 heterocycles. The standard InChI is InChI=1S/C38H44N6O6S.ClH/c1-21(2)34(22(3)4)31(39-18-27-19-40-36-30(41-27)16-32(50-36)25-13-14-25)20-49-33-17-29(35-23(5)9-7-10-24(35)6)42-38(43-33)44-51(47,48)28-12-8-11-26(15-28)37(45)46;/h7-12,15-17,19,21-22,25,31,34,39H,13-14,18,20H2,1-6H3,(H,45,46)(H,42,43,44);1H. The average Bonchev–Trinajstić information content (AvgIpc) is 3.84. The fourth-order valence-electron chi connectivity index (χ4n) is 6.82. The van der Waals surface area contributed by atoms with E-state index in [-0.39, 0.29) is 53.3 Å². The van der Waals surface area contributed by atoms with Crippen LogP contribution < -0.4 is 14.8 Å². The van der Waals surface area contributed by atoms with Gasteiger partial charge in [-0.15, -0.1) is 12.4 Å². The van der Waals surface area contributed by atoms with Crippen LogP contribution in [0.2, 0.25) is 0 Å². The lowest BCUT2D eigenvalue weighted by atomic mass is 9.80. The highest BCUT2D eigenvalue weighted by Gasteiger charge is 2.30. The Morgan fingerprint density at radius 3 is 2.33 bits per heavy atom. The molecule has 6 rings (SSSR count). The van der Waals surface area contributed by atoms with Gasteiger partial charge in [-0.05, 0) is 73.8 Å². The number of halogens is 1. The van der Waals surface area contributed by atoms with Crippen LogP contribution in [0.1, 0.15) is 79.4 Å². The highest BCUT2D eigenvalue weighted by atomic mass is 35.5. The Balaban J connectivity index is 0.00000523. The Morgan fingerprint density at radius 2 is 1.67 bits per heavy atom. The number of nitrogens with zero attached hydrogens (tertiary/aromatic N) is 4. The number of hydrogen-bond acceptors (Lipinski definition) is 10. The summed E-state index contributed by atoms with van der Waals surface area (Å²) in [6.07, 6.45) is 4.00. The van der Waals surface area contributed by atoms with Gasteiger partial charge in [0.05, 0.1) is 28.0 Å². The number of ether oxygens (including phenoxy) is 1. The molecule has 1 aliphatic carbocycles. The van der Waals surface area contributed by atoms with Crippen molar-refractivity contribution in [1.29, 1.82) is 0 Å². The largest absolute Gasteiger partial charge is 0.478 e. The first-order valence-electron chi connectivity index (χ1n) is 17.2. The van der Waals surface area contributed by atoms with Gasteiger partial charge >= 0.3 is 5.97 Å². The van der Waals surface area contributed by atoms with E-state index in [1.807, 2.05) is 38.1 Å². The van der Waals surface area contributed by atoms with E-state index >= 15 is 0 Å². The van der Waals surface area contributed by atoms with Crippen molar-refractivity contribution in [1.82, 2.24) is 25.3 Å². The topological polar surface area (TPSA) is 169 Å². The van der Waals surface area contributed by atoms with Crippen LogP contribution in [0.15, 0.2) is 70.1 Å². The number of fused-ring (bicyclic) bond motifs is 1. The highest BCUT2D eigenvalue weighted by Crippen LogP contribution is 2.41. The molecular weight excluding hydrogens is 704 g/mol. The Hall–Kier alpha value is -4.59. The van der Waals surface area contributed by atoms with Gasteiger partial charge in [0, 0.05) is 36.2 Å². The average molecular weight is 749 g/mol. The summed E-state index contributed by atoms with van der Waals surface area (Å²) in [5.74, 6) is 0.996. The molecule has 3 N–H and O–H groups in total. The first kappa shape index (κ1) is 38.6. The van der Waals surface area contributed by atoms with E-state index in [0.29, 0.717) is 35.7 Å². The molecule has 276 valence electrons. The molecule has 1 aliphatic rings. The second-order valence-corrected chi connectivity index (χ2v) is 15.6. The lowest BCUT2D eigenvalue weighted by Crippen LogP contribution is -2.45. The number of carboxylic acid groups (broad SMARTS) is 1. The number of nitrogens with one attached hydrogen (secondary N) is 2. The van der Waals surface area contributed by atoms with Crippen molar-refractivity contribution < 1.29 is 27.5 Å². The fourth-order valence-corrected chi connectivity index (χ4v) is 7.81. The molecule has 5 aromatic rings. The molecule has 2 aromatic carbocycles. The molecule has 1 atom stereocenters. The molecule has 1 fully saturated rings. The van der Waals surface area contributed by atoms with Crippen LogP contribution >= 0.6 is 12.4 Å². The molecular formula is C38H45ClN6O6S. The summed E-state index contributed by atoms with van der Waals surface area (Å²) in [7, 11) is -4.25. The molecule has 0 bridgehead atoms. The van der Waals surface area contributed by atoms with E-state index in [1.165, 1.54) is 18.2 Å². The molecule has 1 saturated carbocycles. The highest BCUT2D eigenvalue weighted by molar-refractivity contribution is 7.92. The van der Waals surface area contributed by atoms with Gasteiger partial charge in [-0.25, -0.2) is 32.9 Å². The summed E-state index contributed by atoms with van der Waals surface area (Å²) in [6, 6.07) is 14.5. The molecule has 3 aromatic heterocycles. The zero-order chi connectivity index (χ0) is 36.4. The predicted octanol–water partition coefficient (Wildman–Crippen LogP) is 7.56. The van der Waals surface area contributed by atoms with Crippen molar-refractivity contribution in [2.45, 2.75) is 77.8 Å². The number of furan rings is 1. The van der Waals surface area contributed by atoms with Crippen LogP contribution in [0.3, 0.4) is 0 Å². The molecule has 14 heteroatoms. The van der Waals surface area contributed by atoms with E-state index < -0.39 is 16.0 Å². The second kappa shape index (κ2) is 16.0. The number of aromatic nitrogens is 4. The summed E-state index contributed by atoms with van der Waals surface area (Å²) >= 11 is 0. The van der Waals surface area contributed by atoms with E-state index in [2.05, 4.69) is 52.7 Å². The third-order valence-corrected chi connectivity index (χ3v) is 10.6. The monoisotopic (exact) mass is 748 g/mol. The van der Waals surface area contributed by atoms with E-state index in [0.717, 1.165) is 52.6 Å². The number of anilines is 1. The smallest absolute Gasteiger partial charge is 0.335 e. The third kappa shape index (κ3) is 8.88. The van der Waals surface area contributed by atoms with Crippen molar-refractivity contribution in [3.05, 3.63) is 88.9 Å². The van der Waals surface area contributed by atoms with E-state index in [9.17, 15) is 18.3 Å². The minimum atomic E-state index is -4.25. The number of benzene rings is 2. The Morgan fingerprint density at radius 1 is 0.981 bits per heavy atom. The normalized spacial score (nSPS) is 13.8. The zero-order valence-electron chi connectivity index (χ0n) is 30.1. The summed E-state index contributed by atoms with van der Waals surface area (Å²) in [5, 5.41) is 13.1. The molecule has 0 amide bonds. The first-order valence-corrected chi connectivity index (χ1v) is 18.7. The van der Waals surface area contributed by atoms with E-state index in [4.69, 9.17) is 14.1 Å². The fraction of sp³-hybridized carbons (Fsp3) is 0.395. The molecule has 0 aliphatic heterocycles. The minimum Gasteiger partial charge on any atom is -0.478 e. The molecule has 52 heavy (non-hydrogen) atoms. The number of hydrogen-bond donors (Lipinski definition) is 3. The quantitative estimate of drug-likeness (QED) is 0.0966. The first-order chi connectivity index (χ1) is 24.3. The molecule has 12 nitrogen and oxygen atoms in total. The molecule has 1 unspecified atom stereocenters. The zero-order valence-corrected chi connectivity index (χ0v) is 31.7. The van der Waals surface area contributed by atoms with Crippen LogP contribution in [0.4, 0.5) is 5.95 Å². The maximum absolute atomic E-state index is 13.5. The van der Waals surface area contributed by atoms with Gasteiger partial charge in [-0.3, -0.25) is 0 Å². The predicted molar refractivity (Wildman–Crippen MR) is 201 cm³/mol. The third-order valence-electron chi connectivity index (χ3n) is 9.30. The Bertz CT molecular complexity index is 2140. The lowest BCUT2D eigenvalue weighted by molar-refractivity contribution is 0.0696. The summed E-state index contributed by atoms with van der Waals surface area (Å²) < 4.78 is 41.7. The summed E-state index contributed by atoms with van der Waals surface area (Å²) in [4.78, 5) is 29.7. The van der Waals surface area contributed by atoms with Crippen LogP contribution in [0.25, 0.3) is 22.5 Å². The number of aryl methyl sites for hydroxylation is 2. The number of rotatable bonds is 15. The van der Waals surface area contributed by atoms with Crippen molar-refractivity contribution >= 4 is 45.6 Å². The maximum Gasteiger partial charge on any atom is 0.335 e. The van der Waals surface area contributed by atoms with Gasteiger partial charge in [0.25, 0.3) is 10.0 Å². The molecule has 0 saturated heterocycles. The maximum atomic E-state index is 13.5. The second-order valence-electron chi connectivity index (χ2n) is 14.0. The van der Waals surface area contributed by atoms with Crippen molar-refractivity contribution in [2.75, 3.05) is 11.3 Å². The van der Waals surface area contributed by atoms with E-state index in [1.54, 1.807) is 12.3 Å². The number of sulfonamides is 1. The van der Waals surface area contributed by atoms with Crippen molar-refractivity contribution in [3.63, 3.8) is 0 Å². The van der Waals surface area contributed by atoms with Gasteiger partial charge in [-0.1, -0.05) is 52.0 Å². The molecule has 0 radical (unpaired) electrons. The van der Waals surface area contributed by atoms with Crippen LogP contribution in [0, 0.1) is 31.6 Å². The van der Waals surface area contributed by atoms with Gasteiger partial charge in [-0.2, -0.15) is 4.98 Å². The Kier molecular flexibility index (Phi) is 11.9. The van der Waals surface area contributed by atoms with Gasteiger partial charge < -0.3 is 19.6 Å². The lowest BCUT2D eigenvalue weighted by Gasteiger charge is -2.34. The minimum absolute atomic E-state index is 0. The van der Waals surface area contributed by atoms with Gasteiger partial charge in [0.15, 0.2) is 0 Å². The summed E-state index contributed by atoms with van der Waals surface area (Å²) in [6.45, 7) is 13.3. The number of carboxylic acids is 1. The van der Waals surface area contributed by atoms with Crippen molar-refractivity contribution in [2.24, 2.45) is 17.8 Å². The molecule has 0 spiro atoms. The van der Waals surface area contributed by atoms with Gasteiger partial charge in [0.2, 0.25) is 17.5 Å². The van der Waals surface area contributed by atoms with Crippen molar-refractivity contribution in [3.8, 4) is 17.1 Å². The van der Waals surface area contributed by atoms with Crippen LogP contribution in [0.5, 0.6) is 5.88 Å². The van der Waals surface area contributed by atoms with Crippen LogP contribution in [-0.2, 0) is 16.6 Å². The number of carbonyl (C=O) groups is 1. The summed E-state index contributed by atoms with van der Waals surface area (Å²) in [5.41, 5.74) is 5.12. The SMILES string of the molecule is Cc1cccc(C)c1-c1cc(OCC(NCc2cnc3oc(C4CC4)cc3n2)C(C(C)C)C(C)C)nc(NS(=O)(=O)c2cccc(C(=O)O)c2)n1.Cl. The Labute approximate surface area is 310 Å². The van der Waals surface area contributed by atoms with Gasteiger partial charge in [0.1, 0.15) is 17.9 Å².